The summed E-state index contributed by atoms with van der Waals surface area (Å²) >= 11 is 0. The largest absolute Gasteiger partial charge is 0.391 e. The summed E-state index contributed by atoms with van der Waals surface area (Å²) < 4.78 is 0. The van der Waals surface area contributed by atoms with Crippen molar-refractivity contribution in [3.63, 3.8) is 0 Å². The van der Waals surface area contributed by atoms with Crippen LogP contribution in [-0.4, -0.2) is 42.0 Å². The van der Waals surface area contributed by atoms with Crippen molar-refractivity contribution < 1.29 is 19.5 Å². The van der Waals surface area contributed by atoms with E-state index in [4.69, 9.17) is 0 Å². The molecule has 2 aromatic rings. The Kier molecular flexibility index (Phi) is 6.46. The van der Waals surface area contributed by atoms with Gasteiger partial charge in [0.05, 0.1) is 6.10 Å². The van der Waals surface area contributed by atoms with Gasteiger partial charge < -0.3 is 21.1 Å². The molecule has 0 aromatic heterocycles. The smallest absolute Gasteiger partial charge is 0.255 e. The van der Waals surface area contributed by atoms with Crippen molar-refractivity contribution in [3.8, 4) is 0 Å². The fourth-order valence-electron chi connectivity index (χ4n) is 2.28. The number of hydrogen-bond acceptors (Lipinski definition) is 4. The van der Waals surface area contributed by atoms with E-state index in [1.165, 1.54) is 26.1 Å². The number of aliphatic hydroxyl groups excluding tert-OH is 1. The number of carbonyl (C=O) groups is 3. The van der Waals surface area contributed by atoms with Crippen LogP contribution in [0.25, 0.3) is 0 Å². The third-order valence-corrected chi connectivity index (χ3v) is 3.74. The Hall–Kier alpha value is -3.19. The number of likely N-dealkylation sites (N-methyl/N-ethyl adjacent to an activating group) is 1. The first-order chi connectivity index (χ1) is 12.4. The van der Waals surface area contributed by atoms with Crippen molar-refractivity contribution in [2.45, 2.75) is 19.1 Å². The zero-order valence-corrected chi connectivity index (χ0v) is 14.5. The number of carbonyl (C=O) groups excluding carboxylic acids is 3. The molecule has 4 N–H and O–H groups in total. The Labute approximate surface area is 151 Å². The summed E-state index contributed by atoms with van der Waals surface area (Å²) in [5.74, 6) is -1.24. The van der Waals surface area contributed by atoms with Crippen LogP contribution in [0.1, 0.15) is 27.6 Å². The molecular formula is C19H21N3O4. The van der Waals surface area contributed by atoms with Crippen molar-refractivity contribution in [2.24, 2.45) is 0 Å². The molecule has 0 radical (unpaired) electrons. The van der Waals surface area contributed by atoms with E-state index in [0.717, 1.165) is 0 Å². The molecule has 2 atom stereocenters. The Bertz CT molecular complexity index is 773. The third kappa shape index (κ3) is 4.90. The molecule has 26 heavy (non-hydrogen) atoms. The highest BCUT2D eigenvalue weighted by Crippen LogP contribution is 2.12. The molecule has 0 aliphatic carbocycles. The van der Waals surface area contributed by atoms with E-state index < -0.39 is 24.0 Å². The summed E-state index contributed by atoms with van der Waals surface area (Å²) in [4.78, 5) is 36.0. The van der Waals surface area contributed by atoms with E-state index >= 15 is 0 Å². The maximum absolute atomic E-state index is 12.2. The molecule has 0 fully saturated rings. The van der Waals surface area contributed by atoms with E-state index in [2.05, 4.69) is 16.0 Å². The van der Waals surface area contributed by atoms with Crippen molar-refractivity contribution in [1.29, 1.82) is 0 Å². The van der Waals surface area contributed by atoms with Crippen molar-refractivity contribution >= 4 is 23.4 Å². The molecule has 7 nitrogen and oxygen atoms in total. The lowest BCUT2D eigenvalue weighted by Crippen LogP contribution is -2.51. The Morgan fingerprint density at radius 2 is 1.46 bits per heavy atom. The van der Waals surface area contributed by atoms with Crippen molar-refractivity contribution in [1.82, 2.24) is 10.6 Å². The van der Waals surface area contributed by atoms with Crippen LogP contribution in [0.5, 0.6) is 0 Å². The monoisotopic (exact) mass is 355 g/mol. The van der Waals surface area contributed by atoms with Gasteiger partial charge in [-0.25, -0.2) is 0 Å². The first-order valence-electron chi connectivity index (χ1n) is 8.09. The zero-order valence-electron chi connectivity index (χ0n) is 14.5. The second-order valence-corrected chi connectivity index (χ2v) is 5.70. The van der Waals surface area contributed by atoms with Gasteiger partial charge in [0.2, 0.25) is 5.91 Å². The van der Waals surface area contributed by atoms with Gasteiger partial charge in [-0.1, -0.05) is 18.2 Å². The second kappa shape index (κ2) is 8.77. The average Bonchev–Trinajstić information content (AvgIpc) is 2.66. The minimum atomic E-state index is -1.05. The summed E-state index contributed by atoms with van der Waals surface area (Å²) in [6.45, 7) is 1.42. The van der Waals surface area contributed by atoms with Crippen LogP contribution in [0, 0.1) is 0 Å². The lowest BCUT2D eigenvalue weighted by molar-refractivity contribution is -0.124. The number of hydrogen-bond donors (Lipinski definition) is 4. The maximum Gasteiger partial charge on any atom is 0.255 e. The lowest BCUT2D eigenvalue weighted by atomic mass is 10.1. The molecule has 2 rings (SSSR count). The molecule has 0 aliphatic heterocycles. The van der Waals surface area contributed by atoms with Crippen LogP contribution >= 0.6 is 0 Å². The van der Waals surface area contributed by atoms with Gasteiger partial charge in [0.25, 0.3) is 11.8 Å². The van der Waals surface area contributed by atoms with E-state index in [-0.39, 0.29) is 5.91 Å². The highest BCUT2D eigenvalue weighted by molar-refractivity contribution is 6.04. The molecule has 0 bridgehead atoms. The summed E-state index contributed by atoms with van der Waals surface area (Å²) in [6, 6.07) is 13.9. The maximum atomic E-state index is 12.2. The molecule has 0 spiro atoms. The van der Waals surface area contributed by atoms with Crippen molar-refractivity contribution in [3.05, 3.63) is 65.7 Å². The van der Waals surface area contributed by atoms with E-state index in [0.29, 0.717) is 16.8 Å². The van der Waals surface area contributed by atoms with E-state index in [1.807, 2.05) is 6.07 Å². The fraction of sp³-hybridized carbons (Fsp3) is 0.211. The minimum Gasteiger partial charge on any atom is -0.391 e. The van der Waals surface area contributed by atoms with Gasteiger partial charge in [0.15, 0.2) is 0 Å². The lowest BCUT2D eigenvalue weighted by Gasteiger charge is -2.19. The van der Waals surface area contributed by atoms with Gasteiger partial charge in [-0.2, -0.15) is 0 Å². The highest BCUT2D eigenvalue weighted by Gasteiger charge is 2.25. The number of amides is 3. The first kappa shape index (κ1) is 19.1. The number of rotatable bonds is 6. The van der Waals surface area contributed by atoms with Gasteiger partial charge in [-0.05, 0) is 43.3 Å². The standard InChI is InChI=1S/C19H21N3O4/c1-12(23)16(19(26)20-2)22-18(25)14-8-10-15(11-9-14)21-17(24)13-6-4-3-5-7-13/h3-12,16,23H,1-2H3,(H,20,26)(H,21,24)(H,22,25)/t12-,16+/m1/s1. The molecule has 0 saturated carbocycles. The predicted octanol–water partition coefficient (Wildman–Crippen LogP) is 1.16. The number of aliphatic hydroxyl groups is 1. The van der Waals surface area contributed by atoms with Crippen LogP contribution in [-0.2, 0) is 4.79 Å². The third-order valence-electron chi connectivity index (χ3n) is 3.74. The van der Waals surface area contributed by atoms with E-state index in [1.54, 1.807) is 36.4 Å². The van der Waals surface area contributed by atoms with Gasteiger partial charge in [0.1, 0.15) is 6.04 Å². The number of anilines is 1. The normalized spacial score (nSPS) is 12.6. The predicted molar refractivity (Wildman–Crippen MR) is 97.8 cm³/mol. The van der Waals surface area contributed by atoms with Gasteiger partial charge in [0, 0.05) is 23.9 Å². The Balaban J connectivity index is 2.03. The quantitative estimate of drug-likeness (QED) is 0.624. The second-order valence-electron chi connectivity index (χ2n) is 5.70. The highest BCUT2D eigenvalue weighted by atomic mass is 16.3. The Morgan fingerprint density at radius 1 is 0.885 bits per heavy atom. The van der Waals surface area contributed by atoms with Crippen LogP contribution < -0.4 is 16.0 Å². The number of benzene rings is 2. The molecule has 0 heterocycles. The topological polar surface area (TPSA) is 108 Å². The zero-order chi connectivity index (χ0) is 19.1. The summed E-state index contributed by atoms with van der Waals surface area (Å²) in [5.41, 5.74) is 1.37. The average molecular weight is 355 g/mol. The molecule has 0 saturated heterocycles. The van der Waals surface area contributed by atoms with Gasteiger partial charge in [-0.15, -0.1) is 0 Å². The van der Waals surface area contributed by atoms with Crippen LogP contribution in [0.3, 0.4) is 0 Å². The Morgan fingerprint density at radius 3 is 2.00 bits per heavy atom. The van der Waals surface area contributed by atoms with Crippen LogP contribution in [0.15, 0.2) is 54.6 Å². The fourth-order valence-corrected chi connectivity index (χ4v) is 2.28. The molecule has 7 heteroatoms. The summed E-state index contributed by atoms with van der Waals surface area (Å²) in [5, 5.41) is 17.2. The van der Waals surface area contributed by atoms with Crippen LogP contribution in [0.2, 0.25) is 0 Å². The molecular weight excluding hydrogens is 334 g/mol. The first-order valence-corrected chi connectivity index (χ1v) is 8.09. The molecule has 3 amide bonds. The van der Waals surface area contributed by atoms with E-state index in [9.17, 15) is 19.5 Å². The summed E-state index contributed by atoms with van der Waals surface area (Å²) in [6.07, 6.45) is -1.04. The molecule has 136 valence electrons. The van der Waals surface area contributed by atoms with Crippen molar-refractivity contribution in [2.75, 3.05) is 12.4 Å². The van der Waals surface area contributed by atoms with Gasteiger partial charge >= 0.3 is 0 Å². The molecule has 0 aliphatic rings. The number of nitrogens with one attached hydrogen (secondary N) is 3. The van der Waals surface area contributed by atoms with Gasteiger partial charge in [-0.3, -0.25) is 14.4 Å². The minimum absolute atomic E-state index is 0.253. The SMILES string of the molecule is CNC(=O)[C@@H](NC(=O)c1ccc(NC(=O)c2ccccc2)cc1)[C@@H](C)O. The van der Waals surface area contributed by atoms with Crippen LogP contribution in [0.4, 0.5) is 5.69 Å². The molecule has 2 aromatic carbocycles. The molecule has 0 unspecified atom stereocenters. The summed E-state index contributed by atoms with van der Waals surface area (Å²) in [7, 11) is 1.42.